The van der Waals surface area contributed by atoms with E-state index in [1.807, 2.05) is 18.2 Å². The van der Waals surface area contributed by atoms with Crippen LogP contribution in [0.2, 0.25) is 0 Å². The molecule has 2 nitrogen and oxygen atoms in total. The summed E-state index contributed by atoms with van der Waals surface area (Å²) in [5, 5.41) is 8.96. The van der Waals surface area contributed by atoms with Gasteiger partial charge >= 0.3 is 0 Å². The molecular formula is C19H19N2+. The van der Waals surface area contributed by atoms with Crippen molar-refractivity contribution in [2.45, 2.75) is 13.0 Å². The van der Waals surface area contributed by atoms with Crippen molar-refractivity contribution in [1.82, 2.24) is 0 Å². The van der Waals surface area contributed by atoms with Crippen molar-refractivity contribution in [3.8, 4) is 6.07 Å². The standard InChI is InChI=1S/C19H18N2/c20-14-16-5-4-6-17(13-16)15-21-11-9-19(10-12-21)18-7-2-1-3-8-18/h1-9,13H,10-12,15H2/p+1. The van der Waals surface area contributed by atoms with Crippen molar-refractivity contribution < 1.29 is 4.90 Å². The Kier molecular flexibility index (Phi) is 4.14. The maximum atomic E-state index is 8.96. The van der Waals surface area contributed by atoms with Gasteiger partial charge in [-0.3, -0.25) is 0 Å². The van der Waals surface area contributed by atoms with E-state index in [0.29, 0.717) is 0 Å². The molecule has 1 atom stereocenters. The van der Waals surface area contributed by atoms with Gasteiger partial charge < -0.3 is 4.90 Å². The zero-order valence-corrected chi connectivity index (χ0v) is 12.0. The minimum Gasteiger partial charge on any atom is -0.328 e. The summed E-state index contributed by atoms with van der Waals surface area (Å²) in [4.78, 5) is 1.56. The van der Waals surface area contributed by atoms with Crippen LogP contribution < -0.4 is 4.90 Å². The summed E-state index contributed by atoms with van der Waals surface area (Å²) in [7, 11) is 0. The second-order valence-electron chi connectivity index (χ2n) is 5.54. The minimum atomic E-state index is 0.754. The fourth-order valence-electron chi connectivity index (χ4n) is 2.90. The fourth-order valence-corrected chi connectivity index (χ4v) is 2.90. The van der Waals surface area contributed by atoms with Gasteiger partial charge in [0, 0.05) is 12.0 Å². The number of nitriles is 1. The largest absolute Gasteiger partial charge is 0.328 e. The number of benzene rings is 2. The Morgan fingerprint density at radius 2 is 1.90 bits per heavy atom. The monoisotopic (exact) mass is 275 g/mol. The second kappa shape index (κ2) is 6.39. The Hall–Kier alpha value is -2.37. The number of hydrogen-bond donors (Lipinski definition) is 1. The SMILES string of the molecule is N#Cc1cccc(C[NH+]2CC=C(c3ccccc3)CC2)c1. The van der Waals surface area contributed by atoms with Gasteiger partial charge in [-0.15, -0.1) is 0 Å². The van der Waals surface area contributed by atoms with Crippen molar-refractivity contribution in [1.29, 1.82) is 5.26 Å². The fraction of sp³-hybridized carbons (Fsp3) is 0.211. The van der Waals surface area contributed by atoms with Crippen molar-refractivity contribution in [3.05, 3.63) is 77.4 Å². The van der Waals surface area contributed by atoms with E-state index < -0.39 is 0 Å². The van der Waals surface area contributed by atoms with Crippen molar-refractivity contribution in [2.75, 3.05) is 13.1 Å². The third-order valence-corrected chi connectivity index (χ3v) is 4.04. The lowest BCUT2D eigenvalue weighted by Gasteiger charge is -2.24. The summed E-state index contributed by atoms with van der Waals surface area (Å²) in [5.74, 6) is 0. The molecule has 0 saturated heterocycles. The first-order valence-corrected chi connectivity index (χ1v) is 7.42. The van der Waals surface area contributed by atoms with E-state index in [1.54, 1.807) is 4.90 Å². The Labute approximate surface area is 126 Å². The van der Waals surface area contributed by atoms with Crippen LogP contribution in [0.3, 0.4) is 0 Å². The molecule has 0 aliphatic carbocycles. The lowest BCUT2D eigenvalue weighted by molar-refractivity contribution is -0.908. The molecule has 1 N–H and O–H groups in total. The van der Waals surface area contributed by atoms with Crippen molar-refractivity contribution >= 4 is 5.57 Å². The van der Waals surface area contributed by atoms with Crippen LogP contribution in [0, 0.1) is 11.3 Å². The number of quaternary nitrogens is 1. The van der Waals surface area contributed by atoms with Gasteiger partial charge in [-0.05, 0) is 29.3 Å². The highest BCUT2D eigenvalue weighted by atomic mass is 15.1. The summed E-state index contributed by atoms with van der Waals surface area (Å²) in [6.45, 7) is 3.20. The van der Waals surface area contributed by atoms with Gasteiger partial charge in [0.15, 0.2) is 0 Å². The molecule has 2 heteroatoms. The summed E-state index contributed by atoms with van der Waals surface area (Å²) in [5.41, 5.74) is 4.82. The molecule has 1 unspecified atom stereocenters. The summed E-state index contributed by atoms with van der Waals surface area (Å²) in [6.07, 6.45) is 3.49. The summed E-state index contributed by atoms with van der Waals surface area (Å²) >= 11 is 0. The highest BCUT2D eigenvalue weighted by Crippen LogP contribution is 2.17. The third-order valence-electron chi connectivity index (χ3n) is 4.04. The average Bonchev–Trinajstić information content (AvgIpc) is 2.56. The van der Waals surface area contributed by atoms with E-state index in [1.165, 1.54) is 16.7 Å². The Balaban J connectivity index is 1.66. The number of nitrogens with one attached hydrogen (secondary N) is 1. The maximum absolute atomic E-state index is 8.96. The molecule has 2 aromatic carbocycles. The molecule has 1 heterocycles. The van der Waals surface area contributed by atoms with Crippen LogP contribution in [0.5, 0.6) is 0 Å². The molecule has 0 radical (unpaired) electrons. The van der Waals surface area contributed by atoms with Crippen LogP contribution in [0.1, 0.15) is 23.1 Å². The Morgan fingerprint density at radius 3 is 2.62 bits per heavy atom. The molecule has 0 saturated carbocycles. The van der Waals surface area contributed by atoms with E-state index in [0.717, 1.165) is 31.6 Å². The van der Waals surface area contributed by atoms with Crippen LogP contribution in [0.4, 0.5) is 0 Å². The third kappa shape index (κ3) is 3.39. The lowest BCUT2D eigenvalue weighted by Crippen LogP contribution is -3.11. The first kappa shape index (κ1) is 13.6. The van der Waals surface area contributed by atoms with Gasteiger partial charge in [0.05, 0.1) is 24.7 Å². The van der Waals surface area contributed by atoms with Gasteiger partial charge in [-0.1, -0.05) is 42.5 Å². The zero-order valence-electron chi connectivity index (χ0n) is 12.0. The molecule has 0 amide bonds. The van der Waals surface area contributed by atoms with E-state index in [-0.39, 0.29) is 0 Å². The van der Waals surface area contributed by atoms with E-state index in [4.69, 9.17) is 5.26 Å². The van der Waals surface area contributed by atoms with Crippen LogP contribution in [0.15, 0.2) is 60.7 Å². The lowest BCUT2D eigenvalue weighted by atomic mass is 9.99. The normalized spacial score (nSPS) is 17.9. The van der Waals surface area contributed by atoms with Gasteiger partial charge in [0.2, 0.25) is 0 Å². The van der Waals surface area contributed by atoms with Crippen LogP contribution in [-0.4, -0.2) is 13.1 Å². The quantitative estimate of drug-likeness (QED) is 0.915. The molecule has 0 spiro atoms. The molecule has 1 aliphatic rings. The zero-order chi connectivity index (χ0) is 14.5. The summed E-state index contributed by atoms with van der Waals surface area (Å²) in [6, 6.07) is 20.8. The number of nitrogens with zero attached hydrogens (tertiary/aromatic N) is 1. The topological polar surface area (TPSA) is 28.2 Å². The average molecular weight is 275 g/mol. The first-order chi connectivity index (χ1) is 10.3. The van der Waals surface area contributed by atoms with E-state index >= 15 is 0 Å². The molecule has 0 fully saturated rings. The number of rotatable bonds is 3. The first-order valence-electron chi connectivity index (χ1n) is 7.42. The molecule has 3 rings (SSSR count). The van der Waals surface area contributed by atoms with E-state index in [9.17, 15) is 0 Å². The molecule has 104 valence electrons. The number of hydrogen-bond acceptors (Lipinski definition) is 1. The molecule has 21 heavy (non-hydrogen) atoms. The highest BCUT2D eigenvalue weighted by molar-refractivity contribution is 5.65. The molecule has 1 aliphatic heterocycles. The smallest absolute Gasteiger partial charge is 0.103 e. The molecule has 0 bridgehead atoms. The molecule has 2 aromatic rings. The molecular weight excluding hydrogens is 256 g/mol. The van der Waals surface area contributed by atoms with Crippen LogP contribution >= 0.6 is 0 Å². The van der Waals surface area contributed by atoms with Crippen molar-refractivity contribution in [2.24, 2.45) is 0 Å². The van der Waals surface area contributed by atoms with Crippen LogP contribution in [0.25, 0.3) is 5.57 Å². The molecule has 0 aromatic heterocycles. The van der Waals surface area contributed by atoms with Gasteiger partial charge in [0.25, 0.3) is 0 Å². The second-order valence-corrected chi connectivity index (χ2v) is 5.54. The maximum Gasteiger partial charge on any atom is 0.103 e. The predicted molar refractivity (Wildman–Crippen MR) is 84.6 cm³/mol. The minimum absolute atomic E-state index is 0.754. The Morgan fingerprint density at radius 1 is 1.05 bits per heavy atom. The van der Waals surface area contributed by atoms with Crippen LogP contribution in [-0.2, 0) is 6.54 Å². The Bertz CT molecular complexity index is 680. The van der Waals surface area contributed by atoms with E-state index in [2.05, 4.69) is 48.5 Å². The van der Waals surface area contributed by atoms with Gasteiger partial charge in [-0.2, -0.15) is 5.26 Å². The predicted octanol–water partition coefficient (Wildman–Crippen LogP) is 2.43. The van der Waals surface area contributed by atoms with Gasteiger partial charge in [0.1, 0.15) is 6.54 Å². The van der Waals surface area contributed by atoms with Gasteiger partial charge in [-0.25, -0.2) is 0 Å². The van der Waals surface area contributed by atoms with Crippen molar-refractivity contribution in [3.63, 3.8) is 0 Å². The highest BCUT2D eigenvalue weighted by Gasteiger charge is 2.16. The summed E-state index contributed by atoms with van der Waals surface area (Å²) < 4.78 is 0.